The van der Waals surface area contributed by atoms with E-state index in [1.807, 2.05) is 13.8 Å². The van der Waals surface area contributed by atoms with Crippen molar-refractivity contribution in [2.24, 2.45) is 11.7 Å². The highest BCUT2D eigenvalue weighted by Gasteiger charge is 2.39. The van der Waals surface area contributed by atoms with Crippen molar-refractivity contribution in [3.8, 4) is 0 Å². The number of benzene rings is 3. The molecule has 1 amide bonds. The number of halogens is 3. The number of hydrogen-bond acceptors (Lipinski definition) is 6. The molecule has 2 fully saturated rings. The average Bonchev–Trinajstić information content (AvgIpc) is 3.01. The zero-order valence-electron chi connectivity index (χ0n) is 26.8. The van der Waals surface area contributed by atoms with Crippen LogP contribution in [-0.4, -0.2) is 62.1 Å². The molecule has 0 spiro atoms. The number of anilines is 1. The van der Waals surface area contributed by atoms with Crippen molar-refractivity contribution in [2.75, 3.05) is 18.4 Å². The van der Waals surface area contributed by atoms with Gasteiger partial charge in [-0.3, -0.25) is 4.79 Å². The monoisotopic (exact) mass is 672 g/mol. The van der Waals surface area contributed by atoms with Crippen LogP contribution >= 0.6 is 0 Å². The maximum atomic E-state index is 15.4. The molecule has 0 aliphatic carbocycles. The first-order valence-corrected chi connectivity index (χ1v) is 17.5. The Labute approximate surface area is 274 Å². The van der Waals surface area contributed by atoms with E-state index in [9.17, 15) is 22.0 Å². The Hall–Kier alpha value is -3.29. The quantitative estimate of drug-likeness (QED) is 0.268. The van der Waals surface area contributed by atoms with E-state index < -0.39 is 57.4 Å². The summed E-state index contributed by atoms with van der Waals surface area (Å²) < 4.78 is 77.4. The van der Waals surface area contributed by atoms with Gasteiger partial charge in [0.1, 0.15) is 17.5 Å². The number of ether oxygens (including phenoxy) is 1. The Morgan fingerprint density at radius 2 is 1.57 bits per heavy atom. The molecule has 3 aromatic rings. The van der Waals surface area contributed by atoms with Gasteiger partial charge in [-0.05, 0) is 106 Å². The molecule has 2 heterocycles. The summed E-state index contributed by atoms with van der Waals surface area (Å²) in [6, 6.07) is 13.1. The van der Waals surface area contributed by atoms with Gasteiger partial charge in [-0.25, -0.2) is 21.6 Å². The molecular formula is C35H43F3N4O4S. The molecule has 5 rings (SSSR count). The number of amides is 1. The van der Waals surface area contributed by atoms with E-state index in [-0.39, 0.29) is 47.1 Å². The molecule has 0 aromatic heterocycles. The highest BCUT2D eigenvalue weighted by molar-refractivity contribution is 7.89. The van der Waals surface area contributed by atoms with Gasteiger partial charge >= 0.3 is 0 Å². The molecule has 2 aliphatic heterocycles. The first kappa shape index (κ1) is 35.0. The zero-order chi connectivity index (χ0) is 33.9. The van der Waals surface area contributed by atoms with Crippen LogP contribution in [0.1, 0.15) is 57.1 Å². The summed E-state index contributed by atoms with van der Waals surface area (Å²) in [5.41, 5.74) is 7.90. The molecule has 0 unspecified atom stereocenters. The van der Waals surface area contributed by atoms with Gasteiger partial charge in [0, 0.05) is 42.3 Å². The van der Waals surface area contributed by atoms with Crippen LogP contribution < -0.4 is 16.4 Å². The van der Waals surface area contributed by atoms with Crippen molar-refractivity contribution in [1.29, 1.82) is 0 Å². The van der Waals surface area contributed by atoms with E-state index in [2.05, 4.69) is 10.6 Å². The third-order valence-corrected chi connectivity index (χ3v) is 11.4. The summed E-state index contributed by atoms with van der Waals surface area (Å²) in [6.45, 7) is 6.50. The van der Waals surface area contributed by atoms with E-state index in [0.29, 0.717) is 25.9 Å². The van der Waals surface area contributed by atoms with Crippen molar-refractivity contribution in [1.82, 2.24) is 9.62 Å². The standard InChI is InChI=1S/C35H43F3N4O4S/c1-21-19-40-20-28(42(21)47(44,45)29-14-11-27(37)12-15-29)13-16-30-31(38)5-4-6-32(30)41-35(43)34(39)33(24-7-9-26(36)10-8-24)25-17-22(2)46-23(3)18-25/h4-12,14-15,21-23,25,28,33-34,40H,13,16-20,39H2,1-3H3,(H,41,43)/t21-,22-,23+,25+,28+,33+,34+/m1/s1. The van der Waals surface area contributed by atoms with Gasteiger partial charge in [-0.15, -0.1) is 0 Å². The average molecular weight is 673 g/mol. The smallest absolute Gasteiger partial charge is 0.243 e. The molecule has 254 valence electrons. The second kappa shape index (κ2) is 14.9. The molecule has 12 heteroatoms. The number of carbonyl (C=O) groups excluding carboxylic acids is 1. The third kappa shape index (κ3) is 8.06. The van der Waals surface area contributed by atoms with Crippen molar-refractivity contribution in [2.45, 2.75) is 87.6 Å². The van der Waals surface area contributed by atoms with E-state index in [1.165, 1.54) is 40.7 Å². The first-order chi connectivity index (χ1) is 22.3. The minimum atomic E-state index is -3.98. The van der Waals surface area contributed by atoms with Crippen LogP contribution in [0.3, 0.4) is 0 Å². The lowest BCUT2D eigenvalue weighted by Crippen LogP contribution is -2.58. The number of piperazine rings is 1. The summed E-state index contributed by atoms with van der Waals surface area (Å²) in [6.07, 6.45) is 1.64. The minimum Gasteiger partial charge on any atom is -0.376 e. The molecule has 7 atom stereocenters. The van der Waals surface area contributed by atoms with Gasteiger partial charge in [0.2, 0.25) is 15.9 Å². The molecule has 3 aromatic carbocycles. The summed E-state index contributed by atoms with van der Waals surface area (Å²) in [7, 11) is -3.98. The molecule has 2 saturated heterocycles. The second-order valence-electron chi connectivity index (χ2n) is 12.8. The lowest BCUT2D eigenvalue weighted by molar-refractivity contribution is -0.119. The maximum absolute atomic E-state index is 15.4. The molecule has 2 aliphatic rings. The molecular weight excluding hydrogens is 629 g/mol. The molecule has 0 saturated carbocycles. The van der Waals surface area contributed by atoms with Crippen molar-refractivity contribution < 1.29 is 31.1 Å². The fourth-order valence-electron chi connectivity index (χ4n) is 7.22. The predicted octanol–water partition coefficient (Wildman–Crippen LogP) is 5.34. The fourth-order valence-corrected chi connectivity index (χ4v) is 9.06. The van der Waals surface area contributed by atoms with Crippen LogP contribution in [-0.2, 0) is 26.0 Å². The molecule has 0 bridgehead atoms. The van der Waals surface area contributed by atoms with Gasteiger partial charge in [0.15, 0.2) is 0 Å². The summed E-state index contributed by atoms with van der Waals surface area (Å²) in [5, 5.41) is 6.10. The largest absolute Gasteiger partial charge is 0.376 e. The number of nitrogens with one attached hydrogen (secondary N) is 2. The number of nitrogens with two attached hydrogens (primary N) is 1. The van der Waals surface area contributed by atoms with Crippen LogP contribution in [0.2, 0.25) is 0 Å². The van der Waals surface area contributed by atoms with Gasteiger partial charge in [0.05, 0.1) is 23.1 Å². The van der Waals surface area contributed by atoms with E-state index >= 15 is 4.39 Å². The van der Waals surface area contributed by atoms with Gasteiger partial charge < -0.3 is 21.1 Å². The normalized spacial score (nSPS) is 25.2. The van der Waals surface area contributed by atoms with Crippen LogP contribution in [0, 0.1) is 23.4 Å². The van der Waals surface area contributed by atoms with Gasteiger partial charge in [0.25, 0.3) is 0 Å². The van der Waals surface area contributed by atoms with Crippen molar-refractivity contribution in [3.05, 3.63) is 95.3 Å². The van der Waals surface area contributed by atoms with Crippen LogP contribution in [0.4, 0.5) is 18.9 Å². The Morgan fingerprint density at radius 1 is 0.957 bits per heavy atom. The van der Waals surface area contributed by atoms with Crippen LogP contribution in [0.15, 0.2) is 71.6 Å². The van der Waals surface area contributed by atoms with Crippen LogP contribution in [0.5, 0.6) is 0 Å². The number of carbonyl (C=O) groups is 1. The lowest BCUT2D eigenvalue weighted by atomic mass is 9.74. The molecule has 0 radical (unpaired) electrons. The first-order valence-electron chi connectivity index (χ1n) is 16.1. The molecule has 47 heavy (non-hydrogen) atoms. The maximum Gasteiger partial charge on any atom is 0.243 e. The van der Waals surface area contributed by atoms with Gasteiger partial charge in [-0.1, -0.05) is 18.2 Å². The number of nitrogens with zero attached hydrogens (tertiary/aromatic N) is 1. The Bertz CT molecular complexity index is 1630. The van der Waals surface area contributed by atoms with Gasteiger partial charge in [-0.2, -0.15) is 4.31 Å². The SMILES string of the molecule is C[C@@H]1C[C@H]([C@H](c2ccc(F)cc2)[C@H](N)C(=O)Nc2cccc(F)c2CC[C@H]2CNC[C@@H](C)N2S(=O)(=O)c2ccc(F)cc2)C[C@H](C)O1. The number of hydrogen-bond donors (Lipinski definition) is 3. The summed E-state index contributed by atoms with van der Waals surface area (Å²) in [4.78, 5) is 13.8. The third-order valence-electron chi connectivity index (χ3n) is 9.29. The molecule has 8 nitrogen and oxygen atoms in total. The Morgan fingerprint density at radius 3 is 2.21 bits per heavy atom. The van der Waals surface area contributed by atoms with E-state index in [4.69, 9.17) is 10.5 Å². The van der Waals surface area contributed by atoms with Crippen molar-refractivity contribution >= 4 is 21.6 Å². The highest BCUT2D eigenvalue weighted by Crippen LogP contribution is 2.39. The predicted molar refractivity (Wildman–Crippen MR) is 175 cm³/mol. The molecule has 4 N–H and O–H groups in total. The number of sulfonamides is 1. The van der Waals surface area contributed by atoms with E-state index in [0.717, 1.165) is 17.7 Å². The number of rotatable bonds is 10. The minimum absolute atomic E-state index is 0.0122. The fraction of sp³-hybridized carbons (Fsp3) is 0.457. The topological polar surface area (TPSA) is 114 Å². The van der Waals surface area contributed by atoms with Crippen LogP contribution in [0.25, 0.3) is 0 Å². The highest BCUT2D eigenvalue weighted by atomic mass is 32.2. The van der Waals surface area contributed by atoms with E-state index in [1.54, 1.807) is 25.1 Å². The summed E-state index contributed by atoms with van der Waals surface area (Å²) >= 11 is 0. The van der Waals surface area contributed by atoms with Crippen molar-refractivity contribution in [3.63, 3.8) is 0 Å². The lowest BCUT2D eigenvalue weighted by Gasteiger charge is -2.40. The summed E-state index contributed by atoms with van der Waals surface area (Å²) in [5.74, 6) is -2.43. The second-order valence-corrected chi connectivity index (χ2v) is 14.7. The Kier molecular flexibility index (Phi) is 11.1. The Balaban J connectivity index is 1.36. The zero-order valence-corrected chi connectivity index (χ0v) is 27.7.